The second-order valence-electron chi connectivity index (χ2n) is 14.0. The molecule has 1 heterocycles. The maximum Gasteiger partial charge on any atom is 0.302 e. The van der Waals surface area contributed by atoms with E-state index < -0.39 is 0 Å². The molecular weight excluding hydrogens is 462 g/mol. The predicted octanol–water partition coefficient (Wildman–Crippen LogP) is 6.72. The van der Waals surface area contributed by atoms with E-state index in [2.05, 4.69) is 46.0 Å². The van der Waals surface area contributed by atoms with Crippen LogP contribution < -0.4 is 5.32 Å². The summed E-state index contributed by atoms with van der Waals surface area (Å²) in [7, 11) is 0. The summed E-state index contributed by atoms with van der Waals surface area (Å²) < 4.78 is 12.5. The molecule has 0 radical (unpaired) electrons. The number of carbonyl (C=O) groups excluding carboxylic acids is 2. The van der Waals surface area contributed by atoms with Crippen LogP contribution in [0.2, 0.25) is 0 Å². The summed E-state index contributed by atoms with van der Waals surface area (Å²) >= 11 is 0. The largest absolute Gasteiger partial charge is 0.491 e. The lowest BCUT2D eigenvalue weighted by molar-refractivity contribution is -0.148. The number of hydrogen-bond donors (Lipinski definition) is 1. The summed E-state index contributed by atoms with van der Waals surface area (Å²) in [4.78, 5) is 22.9. The van der Waals surface area contributed by atoms with E-state index in [4.69, 9.17) is 9.47 Å². The maximum atomic E-state index is 11.6. The van der Waals surface area contributed by atoms with Crippen LogP contribution in [0.1, 0.15) is 106 Å². The molecule has 4 aliphatic carbocycles. The molecule has 5 rings (SSSR count). The second kappa shape index (κ2) is 9.45. The normalized spacial score (nSPS) is 43.0. The molecule has 9 atom stereocenters. The molecule has 0 unspecified atom stereocenters. The van der Waals surface area contributed by atoms with Crippen molar-refractivity contribution in [3.05, 3.63) is 23.0 Å². The zero-order valence-corrected chi connectivity index (χ0v) is 24.2. The Morgan fingerprint density at radius 1 is 1.16 bits per heavy atom. The minimum absolute atomic E-state index is 0.0481. The van der Waals surface area contributed by atoms with E-state index in [-0.39, 0.29) is 29.0 Å². The van der Waals surface area contributed by atoms with Crippen LogP contribution in [-0.4, -0.2) is 30.1 Å². The van der Waals surface area contributed by atoms with Gasteiger partial charge in [-0.1, -0.05) is 32.4 Å². The fourth-order valence-corrected chi connectivity index (χ4v) is 9.93. The number of ether oxygens (including phenoxy) is 2. The fourth-order valence-electron chi connectivity index (χ4n) is 9.93. The lowest BCUT2D eigenvalue weighted by Crippen LogP contribution is -2.50. The molecule has 0 aromatic rings. The minimum atomic E-state index is -0.146. The third-order valence-electron chi connectivity index (χ3n) is 11.5. The highest BCUT2D eigenvalue weighted by molar-refractivity contribution is 5.72. The van der Waals surface area contributed by atoms with Crippen LogP contribution in [0.25, 0.3) is 0 Å². The van der Waals surface area contributed by atoms with E-state index in [1.54, 1.807) is 12.5 Å². The zero-order valence-electron chi connectivity index (χ0n) is 24.2. The standard InChI is InChI=1S/C32H49NO4/c1-19(18-33-21(3)34)8-11-28-20(2)29-31(6)15-13-26-25(27(31)17-32(29,7)37-28)10-9-23-16-24(36-22(4)35)12-14-30(23,26)5/h9,19,24-27,29H,8,10-18H2,1-7H3,(H,33,34)/t19-,24+,25+,26-,27+,29+,30+,31+,32+/m1/s1. The van der Waals surface area contributed by atoms with Gasteiger partial charge in [-0.05, 0) is 98.9 Å². The van der Waals surface area contributed by atoms with Gasteiger partial charge in [-0.25, -0.2) is 0 Å². The van der Waals surface area contributed by atoms with Crippen molar-refractivity contribution in [2.75, 3.05) is 6.54 Å². The summed E-state index contributed by atoms with van der Waals surface area (Å²) in [6.07, 6.45) is 12.6. The maximum absolute atomic E-state index is 11.6. The predicted molar refractivity (Wildman–Crippen MR) is 145 cm³/mol. The van der Waals surface area contributed by atoms with Gasteiger partial charge in [0.05, 0.1) is 5.76 Å². The monoisotopic (exact) mass is 511 g/mol. The van der Waals surface area contributed by atoms with Gasteiger partial charge in [0.15, 0.2) is 0 Å². The Morgan fingerprint density at radius 3 is 2.62 bits per heavy atom. The number of hydrogen-bond acceptors (Lipinski definition) is 4. The first-order valence-corrected chi connectivity index (χ1v) is 14.9. The van der Waals surface area contributed by atoms with Crippen molar-refractivity contribution in [2.45, 2.75) is 118 Å². The lowest BCUT2D eigenvalue weighted by atomic mass is 9.47. The highest BCUT2D eigenvalue weighted by Gasteiger charge is 2.67. The van der Waals surface area contributed by atoms with Crippen molar-refractivity contribution in [3.63, 3.8) is 0 Å². The van der Waals surface area contributed by atoms with Gasteiger partial charge in [-0.2, -0.15) is 0 Å². The summed E-state index contributed by atoms with van der Waals surface area (Å²) in [6, 6.07) is 0. The Morgan fingerprint density at radius 2 is 1.92 bits per heavy atom. The Hall–Kier alpha value is -1.78. The summed E-state index contributed by atoms with van der Waals surface area (Å²) in [5, 5.41) is 2.96. The van der Waals surface area contributed by atoms with Crippen molar-refractivity contribution >= 4 is 11.9 Å². The van der Waals surface area contributed by atoms with Gasteiger partial charge < -0.3 is 14.8 Å². The molecular formula is C32H49NO4. The van der Waals surface area contributed by atoms with E-state index in [9.17, 15) is 9.59 Å². The number of carbonyl (C=O) groups is 2. The average molecular weight is 512 g/mol. The van der Waals surface area contributed by atoms with Crippen molar-refractivity contribution in [2.24, 2.45) is 40.4 Å². The molecule has 0 spiro atoms. The first kappa shape index (κ1) is 26.8. The first-order chi connectivity index (χ1) is 17.4. The van der Waals surface area contributed by atoms with Crippen LogP contribution in [0.3, 0.4) is 0 Å². The Bertz CT molecular complexity index is 1010. The highest BCUT2D eigenvalue weighted by Crippen LogP contribution is 2.71. The number of rotatable bonds is 6. The van der Waals surface area contributed by atoms with Gasteiger partial charge in [0.1, 0.15) is 11.7 Å². The molecule has 5 aliphatic rings. The van der Waals surface area contributed by atoms with Gasteiger partial charge >= 0.3 is 5.97 Å². The van der Waals surface area contributed by atoms with E-state index in [0.29, 0.717) is 23.2 Å². The molecule has 3 saturated carbocycles. The molecule has 3 fully saturated rings. The smallest absolute Gasteiger partial charge is 0.302 e. The third-order valence-corrected chi connectivity index (χ3v) is 11.5. The average Bonchev–Trinajstić information content (AvgIpc) is 3.22. The van der Waals surface area contributed by atoms with Crippen LogP contribution in [0.15, 0.2) is 23.0 Å². The SMILES string of the molecule is CC(=O)NC[C@H](C)CCC1=C(C)[C@H]2[C@@]3(C)CC[C@@H]4[C@H](CC=C5C[C@@H](OC(C)=O)CC[C@@]54C)[C@@H]3C[C@]2(C)O1. The molecule has 5 nitrogen and oxygen atoms in total. The van der Waals surface area contributed by atoms with E-state index in [1.165, 1.54) is 37.5 Å². The second-order valence-corrected chi connectivity index (χ2v) is 14.0. The number of amides is 1. The number of allylic oxidation sites excluding steroid dienone is 2. The van der Waals surface area contributed by atoms with Gasteiger partial charge in [0, 0.05) is 39.2 Å². The zero-order chi connectivity index (χ0) is 26.8. The Labute approximate surface area is 224 Å². The van der Waals surface area contributed by atoms with E-state index in [1.807, 2.05) is 0 Å². The molecule has 0 aromatic heterocycles. The van der Waals surface area contributed by atoms with Crippen molar-refractivity contribution in [3.8, 4) is 0 Å². The Balaban J connectivity index is 1.32. The summed E-state index contributed by atoms with van der Waals surface area (Å²) in [6.45, 7) is 15.9. The van der Waals surface area contributed by atoms with Gasteiger partial charge in [0.2, 0.25) is 5.91 Å². The Kier molecular flexibility index (Phi) is 6.85. The highest BCUT2D eigenvalue weighted by atomic mass is 16.5. The number of nitrogens with one attached hydrogen (secondary N) is 1. The molecule has 0 aromatic carbocycles. The van der Waals surface area contributed by atoms with Crippen molar-refractivity contribution < 1.29 is 19.1 Å². The van der Waals surface area contributed by atoms with Crippen LogP contribution in [-0.2, 0) is 19.1 Å². The molecule has 1 N–H and O–H groups in total. The van der Waals surface area contributed by atoms with Gasteiger partial charge in [-0.15, -0.1) is 0 Å². The van der Waals surface area contributed by atoms with E-state index >= 15 is 0 Å². The molecule has 37 heavy (non-hydrogen) atoms. The van der Waals surface area contributed by atoms with E-state index in [0.717, 1.165) is 56.9 Å². The van der Waals surface area contributed by atoms with Gasteiger partial charge in [-0.3, -0.25) is 9.59 Å². The third kappa shape index (κ3) is 4.46. The molecule has 5 heteroatoms. The molecule has 0 bridgehead atoms. The topological polar surface area (TPSA) is 64.6 Å². The number of fused-ring (bicyclic) bond motifs is 7. The molecule has 0 saturated heterocycles. The van der Waals surface area contributed by atoms with Crippen LogP contribution in [0.5, 0.6) is 0 Å². The quantitative estimate of drug-likeness (QED) is 0.317. The summed E-state index contributed by atoms with van der Waals surface area (Å²) in [5.74, 6) is 4.22. The number of esters is 1. The lowest BCUT2D eigenvalue weighted by Gasteiger charge is -2.58. The van der Waals surface area contributed by atoms with Gasteiger partial charge in [0.25, 0.3) is 0 Å². The molecule has 1 aliphatic heterocycles. The summed E-state index contributed by atoms with van der Waals surface area (Å²) in [5.41, 5.74) is 3.51. The van der Waals surface area contributed by atoms with Crippen LogP contribution in [0.4, 0.5) is 0 Å². The van der Waals surface area contributed by atoms with Crippen LogP contribution >= 0.6 is 0 Å². The first-order valence-electron chi connectivity index (χ1n) is 14.9. The van der Waals surface area contributed by atoms with Crippen molar-refractivity contribution in [1.82, 2.24) is 5.32 Å². The molecule has 1 amide bonds. The minimum Gasteiger partial charge on any atom is -0.491 e. The van der Waals surface area contributed by atoms with Crippen molar-refractivity contribution in [1.29, 1.82) is 0 Å². The molecule has 206 valence electrons. The fraction of sp³-hybridized carbons (Fsp3) is 0.812. The van der Waals surface area contributed by atoms with Crippen LogP contribution in [0, 0.1) is 40.4 Å².